The molecule has 0 spiro atoms. The number of nitrogens with two attached hydrogens (primary N) is 1. The zero-order valence-electron chi connectivity index (χ0n) is 8.98. The van der Waals surface area contributed by atoms with Crippen LogP contribution in [-0.2, 0) is 11.3 Å². The molecule has 5 heteroatoms. The second kappa shape index (κ2) is 4.72. The van der Waals surface area contributed by atoms with Gasteiger partial charge in [0, 0.05) is 19.1 Å². The maximum Gasteiger partial charge on any atom is 0.229 e. The van der Waals surface area contributed by atoms with Crippen molar-refractivity contribution >= 4 is 0 Å². The van der Waals surface area contributed by atoms with Crippen LogP contribution in [0.25, 0.3) is 0 Å². The molecule has 5 nitrogen and oxygen atoms in total. The van der Waals surface area contributed by atoms with Crippen LogP contribution >= 0.6 is 0 Å². The molecule has 84 valence electrons. The first-order valence-electron chi connectivity index (χ1n) is 5.36. The molecule has 1 saturated carbocycles. The number of aromatic nitrogens is 2. The Hall–Kier alpha value is -0.940. The van der Waals surface area contributed by atoms with E-state index in [1.54, 1.807) is 7.11 Å². The van der Waals surface area contributed by atoms with Crippen molar-refractivity contribution < 1.29 is 9.26 Å². The molecule has 2 atom stereocenters. The predicted octanol–water partition coefficient (Wildman–Crippen LogP) is 1.20. The van der Waals surface area contributed by atoms with Crippen molar-refractivity contribution in [1.29, 1.82) is 0 Å². The zero-order chi connectivity index (χ0) is 10.7. The molecule has 2 rings (SSSR count). The third-order valence-corrected chi connectivity index (χ3v) is 2.82. The maximum atomic E-state index is 5.91. The molecule has 0 bridgehead atoms. The Balaban J connectivity index is 2.01. The molecule has 1 fully saturated rings. The molecule has 1 aromatic rings. The molecule has 0 amide bonds. The Bertz CT molecular complexity index is 313. The molecule has 1 aromatic heterocycles. The van der Waals surface area contributed by atoms with Gasteiger partial charge in [-0.1, -0.05) is 11.6 Å². The van der Waals surface area contributed by atoms with Crippen molar-refractivity contribution in [3.8, 4) is 0 Å². The lowest BCUT2D eigenvalue weighted by Crippen LogP contribution is -2.26. The number of rotatable bonds is 3. The molecule has 0 saturated heterocycles. The fourth-order valence-corrected chi connectivity index (χ4v) is 2.07. The van der Waals surface area contributed by atoms with E-state index < -0.39 is 0 Å². The minimum Gasteiger partial charge on any atom is -0.377 e. The summed E-state index contributed by atoms with van der Waals surface area (Å²) in [4.78, 5) is 4.30. The van der Waals surface area contributed by atoms with Crippen molar-refractivity contribution in [3.63, 3.8) is 0 Å². The van der Waals surface area contributed by atoms with Gasteiger partial charge in [-0.3, -0.25) is 0 Å². The number of hydrogen-bond donors (Lipinski definition) is 1. The van der Waals surface area contributed by atoms with Crippen molar-refractivity contribution in [1.82, 2.24) is 10.1 Å². The first-order chi connectivity index (χ1) is 7.29. The average Bonchev–Trinajstić information content (AvgIpc) is 2.67. The first-order valence-corrected chi connectivity index (χ1v) is 5.36. The normalized spacial score (nSPS) is 26.8. The first kappa shape index (κ1) is 10.6. The quantitative estimate of drug-likeness (QED) is 0.813. The standard InChI is InChI=1S/C10H17N3O2/c1-14-6-9-12-10(15-13-9)7-3-2-4-8(11)5-7/h7-8H,2-6,11H2,1H3. The van der Waals surface area contributed by atoms with Crippen LogP contribution < -0.4 is 5.73 Å². The summed E-state index contributed by atoms with van der Waals surface area (Å²) in [6, 6.07) is 0.279. The maximum absolute atomic E-state index is 5.91. The van der Waals surface area contributed by atoms with E-state index in [0.717, 1.165) is 31.6 Å². The molecule has 0 aliphatic heterocycles. The summed E-state index contributed by atoms with van der Waals surface area (Å²) in [5.74, 6) is 1.68. The van der Waals surface area contributed by atoms with Gasteiger partial charge in [0.05, 0.1) is 0 Å². The van der Waals surface area contributed by atoms with Crippen molar-refractivity contribution in [3.05, 3.63) is 11.7 Å². The van der Waals surface area contributed by atoms with E-state index in [9.17, 15) is 0 Å². The number of ether oxygens (including phenoxy) is 1. The van der Waals surface area contributed by atoms with Crippen molar-refractivity contribution in [2.45, 2.75) is 44.2 Å². The van der Waals surface area contributed by atoms with Crippen LogP contribution in [0.5, 0.6) is 0 Å². The van der Waals surface area contributed by atoms with Crippen LogP contribution in [0, 0.1) is 0 Å². The second-order valence-electron chi connectivity index (χ2n) is 4.11. The number of methoxy groups -OCH3 is 1. The summed E-state index contributed by atoms with van der Waals surface area (Å²) in [7, 11) is 1.62. The fraction of sp³-hybridized carbons (Fsp3) is 0.800. The molecular formula is C10H17N3O2. The van der Waals surface area contributed by atoms with Gasteiger partial charge < -0.3 is 15.0 Å². The van der Waals surface area contributed by atoms with Crippen LogP contribution in [0.1, 0.15) is 43.3 Å². The Kier molecular flexibility index (Phi) is 3.33. The summed E-state index contributed by atoms with van der Waals surface area (Å²) in [6.07, 6.45) is 4.31. The largest absolute Gasteiger partial charge is 0.377 e. The highest BCUT2D eigenvalue weighted by molar-refractivity contribution is 4.97. The minimum atomic E-state index is 0.279. The molecule has 0 radical (unpaired) electrons. The molecule has 2 N–H and O–H groups in total. The Labute approximate surface area is 89.0 Å². The van der Waals surface area contributed by atoms with Crippen LogP contribution in [-0.4, -0.2) is 23.3 Å². The van der Waals surface area contributed by atoms with E-state index in [2.05, 4.69) is 10.1 Å². The third-order valence-electron chi connectivity index (χ3n) is 2.82. The average molecular weight is 211 g/mol. The lowest BCUT2D eigenvalue weighted by molar-refractivity contribution is 0.174. The molecule has 15 heavy (non-hydrogen) atoms. The molecular weight excluding hydrogens is 194 g/mol. The van der Waals surface area contributed by atoms with E-state index in [-0.39, 0.29) is 6.04 Å². The smallest absolute Gasteiger partial charge is 0.229 e. The van der Waals surface area contributed by atoms with Gasteiger partial charge in [0.15, 0.2) is 5.82 Å². The van der Waals surface area contributed by atoms with Gasteiger partial charge in [0.2, 0.25) is 5.89 Å². The van der Waals surface area contributed by atoms with E-state index in [1.807, 2.05) is 0 Å². The van der Waals surface area contributed by atoms with Gasteiger partial charge in [-0.05, 0) is 19.3 Å². The summed E-state index contributed by atoms with van der Waals surface area (Å²) < 4.78 is 10.1. The summed E-state index contributed by atoms with van der Waals surface area (Å²) in [6.45, 7) is 0.405. The van der Waals surface area contributed by atoms with Gasteiger partial charge in [-0.25, -0.2) is 0 Å². The third kappa shape index (κ3) is 2.54. The monoisotopic (exact) mass is 211 g/mol. The molecule has 2 unspecified atom stereocenters. The van der Waals surface area contributed by atoms with Gasteiger partial charge in [0.1, 0.15) is 6.61 Å². The molecule has 1 aliphatic rings. The number of hydrogen-bond acceptors (Lipinski definition) is 5. The lowest BCUT2D eigenvalue weighted by atomic mass is 9.86. The van der Waals surface area contributed by atoms with Gasteiger partial charge >= 0.3 is 0 Å². The van der Waals surface area contributed by atoms with Crippen LogP contribution in [0.2, 0.25) is 0 Å². The van der Waals surface area contributed by atoms with Gasteiger partial charge in [-0.15, -0.1) is 0 Å². The van der Waals surface area contributed by atoms with E-state index >= 15 is 0 Å². The van der Waals surface area contributed by atoms with Gasteiger partial charge in [-0.2, -0.15) is 4.98 Å². The molecule has 1 heterocycles. The van der Waals surface area contributed by atoms with Crippen LogP contribution in [0.4, 0.5) is 0 Å². The Morgan fingerprint density at radius 2 is 2.40 bits per heavy atom. The Morgan fingerprint density at radius 3 is 3.13 bits per heavy atom. The van der Waals surface area contributed by atoms with Crippen LogP contribution in [0.15, 0.2) is 4.52 Å². The van der Waals surface area contributed by atoms with E-state index in [4.69, 9.17) is 15.0 Å². The molecule has 0 aromatic carbocycles. The zero-order valence-corrected chi connectivity index (χ0v) is 8.98. The van der Waals surface area contributed by atoms with E-state index in [1.165, 1.54) is 0 Å². The Morgan fingerprint density at radius 1 is 1.53 bits per heavy atom. The second-order valence-corrected chi connectivity index (χ2v) is 4.11. The highest BCUT2D eigenvalue weighted by Crippen LogP contribution is 2.30. The summed E-state index contributed by atoms with van der Waals surface area (Å²) >= 11 is 0. The minimum absolute atomic E-state index is 0.279. The van der Waals surface area contributed by atoms with Crippen molar-refractivity contribution in [2.24, 2.45) is 5.73 Å². The molecule has 1 aliphatic carbocycles. The SMILES string of the molecule is COCc1noc(C2CCCC(N)C2)n1. The van der Waals surface area contributed by atoms with Gasteiger partial charge in [0.25, 0.3) is 0 Å². The van der Waals surface area contributed by atoms with E-state index in [0.29, 0.717) is 18.3 Å². The summed E-state index contributed by atoms with van der Waals surface area (Å²) in [5.41, 5.74) is 5.91. The number of nitrogens with zero attached hydrogens (tertiary/aromatic N) is 2. The topological polar surface area (TPSA) is 74.2 Å². The lowest BCUT2D eigenvalue weighted by Gasteiger charge is -2.23. The summed E-state index contributed by atoms with van der Waals surface area (Å²) in [5, 5.41) is 3.85. The fourth-order valence-electron chi connectivity index (χ4n) is 2.07. The highest BCUT2D eigenvalue weighted by Gasteiger charge is 2.25. The highest BCUT2D eigenvalue weighted by atomic mass is 16.5. The van der Waals surface area contributed by atoms with Crippen molar-refractivity contribution in [2.75, 3.05) is 7.11 Å². The van der Waals surface area contributed by atoms with Crippen LogP contribution in [0.3, 0.4) is 0 Å². The predicted molar refractivity (Wildman–Crippen MR) is 54.2 cm³/mol.